The number of halogens is 5. The van der Waals surface area contributed by atoms with E-state index in [4.69, 9.17) is 17.3 Å². The van der Waals surface area contributed by atoms with Crippen molar-refractivity contribution in [3.8, 4) is 0 Å². The van der Waals surface area contributed by atoms with Gasteiger partial charge in [0.25, 0.3) is 0 Å². The van der Waals surface area contributed by atoms with Crippen molar-refractivity contribution in [3.63, 3.8) is 0 Å². The summed E-state index contributed by atoms with van der Waals surface area (Å²) in [5.41, 5.74) is 2.53. The maximum absolute atomic E-state index is 14.0. The molecular weight excluding hydrogens is 354 g/mol. The van der Waals surface area contributed by atoms with Crippen molar-refractivity contribution in [1.82, 2.24) is 0 Å². The molecule has 0 aromatic heterocycles. The average molecular weight is 368 g/mol. The number of esters is 1. The standard InChI is InChI=1S/C15H14ClF4NO3/c1-3-24-15(23)9(7(21)4-5-16)14(22)8-6(2)10(17)12(19)13(20)11(8)18/h3-5,21H2,1-2H3. The molecular formula is C15H14ClF4NO3. The molecule has 0 unspecified atom stereocenters. The number of benzene rings is 1. The predicted octanol–water partition coefficient (Wildman–Crippen LogP) is 3.14. The third-order valence-electron chi connectivity index (χ3n) is 3.12. The van der Waals surface area contributed by atoms with Gasteiger partial charge in [-0.3, -0.25) is 4.79 Å². The normalized spacial score (nSPS) is 12.0. The lowest BCUT2D eigenvalue weighted by Gasteiger charge is -2.13. The first-order valence-corrected chi connectivity index (χ1v) is 7.31. The summed E-state index contributed by atoms with van der Waals surface area (Å²) in [7, 11) is 0. The number of hydrogen-bond donors (Lipinski definition) is 1. The molecule has 0 aliphatic heterocycles. The molecule has 1 aromatic carbocycles. The van der Waals surface area contributed by atoms with Crippen LogP contribution in [0.4, 0.5) is 17.6 Å². The van der Waals surface area contributed by atoms with Gasteiger partial charge in [0.05, 0.1) is 12.2 Å². The topological polar surface area (TPSA) is 69.4 Å². The number of alkyl halides is 1. The monoisotopic (exact) mass is 367 g/mol. The molecule has 1 rings (SSSR count). The third-order valence-corrected chi connectivity index (χ3v) is 3.31. The van der Waals surface area contributed by atoms with Crippen molar-refractivity contribution >= 4 is 23.4 Å². The molecule has 0 amide bonds. The van der Waals surface area contributed by atoms with Crippen LogP contribution >= 0.6 is 11.6 Å². The van der Waals surface area contributed by atoms with Gasteiger partial charge in [0.2, 0.25) is 5.78 Å². The number of Topliss-reactive ketones (excluding diaryl/α,β-unsaturated/α-hetero) is 1. The lowest BCUT2D eigenvalue weighted by Crippen LogP contribution is -2.24. The maximum Gasteiger partial charge on any atom is 0.343 e. The quantitative estimate of drug-likeness (QED) is 0.0965. The molecule has 132 valence electrons. The maximum atomic E-state index is 14.0. The zero-order chi connectivity index (χ0) is 18.6. The second-order valence-corrected chi connectivity index (χ2v) is 5.02. The molecule has 24 heavy (non-hydrogen) atoms. The lowest BCUT2D eigenvalue weighted by molar-refractivity contribution is -0.138. The Hall–Kier alpha value is -2.09. The summed E-state index contributed by atoms with van der Waals surface area (Å²) < 4.78 is 58.9. The van der Waals surface area contributed by atoms with E-state index in [2.05, 4.69) is 4.74 Å². The van der Waals surface area contributed by atoms with Crippen molar-refractivity contribution in [3.05, 3.63) is 45.7 Å². The molecule has 0 saturated heterocycles. The molecule has 2 N–H and O–H groups in total. The summed E-state index contributed by atoms with van der Waals surface area (Å²) in [6, 6.07) is 0. The highest BCUT2D eigenvalue weighted by Gasteiger charge is 2.32. The van der Waals surface area contributed by atoms with Crippen LogP contribution in [-0.4, -0.2) is 24.2 Å². The van der Waals surface area contributed by atoms with E-state index in [9.17, 15) is 27.2 Å². The van der Waals surface area contributed by atoms with E-state index >= 15 is 0 Å². The first-order valence-electron chi connectivity index (χ1n) is 6.77. The average Bonchev–Trinajstić information content (AvgIpc) is 2.52. The highest BCUT2D eigenvalue weighted by atomic mass is 35.5. The second kappa shape index (κ2) is 8.14. The number of allylic oxidation sites excluding steroid dienone is 1. The number of nitrogens with two attached hydrogens (primary N) is 1. The van der Waals surface area contributed by atoms with Crippen LogP contribution in [0.3, 0.4) is 0 Å². The van der Waals surface area contributed by atoms with Crippen LogP contribution in [0.25, 0.3) is 0 Å². The molecule has 0 radical (unpaired) electrons. The fraction of sp³-hybridized carbons (Fsp3) is 0.333. The minimum absolute atomic E-state index is 0.0738. The van der Waals surface area contributed by atoms with Crippen LogP contribution in [-0.2, 0) is 9.53 Å². The van der Waals surface area contributed by atoms with E-state index < -0.39 is 51.7 Å². The largest absolute Gasteiger partial charge is 0.462 e. The van der Waals surface area contributed by atoms with Gasteiger partial charge in [-0.2, -0.15) is 0 Å². The zero-order valence-electron chi connectivity index (χ0n) is 12.8. The Kier molecular flexibility index (Phi) is 6.77. The lowest BCUT2D eigenvalue weighted by atomic mass is 9.95. The van der Waals surface area contributed by atoms with Crippen LogP contribution in [0, 0.1) is 30.2 Å². The molecule has 9 heteroatoms. The van der Waals surface area contributed by atoms with Crippen LogP contribution < -0.4 is 5.73 Å². The zero-order valence-corrected chi connectivity index (χ0v) is 13.6. The molecule has 0 bridgehead atoms. The summed E-state index contributed by atoms with van der Waals surface area (Å²) in [6.45, 7) is 2.19. The van der Waals surface area contributed by atoms with Crippen molar-refractivity contribution in [2.24, 2.45) is 5.73 Å². The molecule has 0 atom stereocenters. The van der Waals surface area contributed by atoms with Gasteiger partial charge in [0.15, 0.2) is 23.3 Å². The van der Waals surface area contributed by atoms with Gasteiger partial charge in [-0.05, 0) is 13.8 Å². The predicted molar refractivity (Wildman–Crippen MR) is 78.5 cm³/mol. The number of hydrogen-bond acceptors (Lipinski definition) is 4. The second-order valence-electron chi connectivity index (χ2n) is 4.64. The number of carbonyl (C=O) groups excluding carboxylic acids is 2. The Labute approximate surface area is 140 Å². The molecule has 0 spiro atoms. The summed E-state index contributed by atoms with van der Waals surface area (Å²) >= 11 is 5.49. The van der Waals surface area contributed by atoms with E-state index in [1.54, 1.807) is 0 Å². The van der Waals surface area contributed by atoms with Crippen LogP contribution in [0.2, 0.25) is 0 Å². The molecule has 0 saturated carbocycles. The van der Waals surface area contributed by atoms with Gasteiger partial charge >= 0.3 is 5.97 Å². The van der Waals surface area contributed by atoms with Gasteiger partial charge in [0, 0.05) is 23.6 Å². The molecule has 0 aliphatic rings. The fourth-order valence-corrected chi connectivity index (χ4v) is 2.14. The van der Waals surface area contributed by atoms with Gasteiger partial charge in [0.1, 0.15) is 5.57 Å². The first kappa shape index (κ1) is 20.0. The minimum atomic E-state index is -2.17. The third kappa shape index (κ3) is 3.69. The van der Waals surface area contributed by atoms with E-state index in [1.165, 1.54) is 6.92 Å². The van der Waals surface area contributed by atoms with Gasteiger partial charge in [-0.1, -0.05) is 0 Å². The number of rotatable bonds is 6. The van der Waals surface area contributed by atoms with Crippen molar-refractivity contribution in [2.75, 3.05) is 12.5 Å². The highest BCUT2D eigenvalue weighted by molar-refractivity contribution is 6.25. The smallest absolute Gasteiger partial charge is 0.343 e. The van der Waals surface area contributed by atoms with Gasteiger partial charge < -0.3 is 10.5 Å². The van der Waals surface area contributed by atoms with Gasteiger partial charge in [-0.25, -0.2) is 22.4 Å². The molecule has 4 nitrogen and oxygen atoms in total. The molecule has 1 aromatic rings. The number of ether oxygens (including phenoxy) is 1. The summed E-state index contributed by atoms with van der Waals surface area (Å²) in [4.78, 5) is 24.4. The Morgan fingerprint density at radius 3 is 2.12 bits per heavy atom. The van der Waals surface area contributed by atoms with Crippen molar-refractivity contribution < 1.29 is 31.9 Å². The summed E-state index contributed by atoms with van der Waals surface area (Å²) in [5, 5.41) is 0. The molecule has 0 fully saturated rings. The van der Waals surface area contributed by atoms with Crippen LogP contribution in [0.15, 0.2) is 11.3 Å². The van der Waals surface area contributed by atoms with Gasteiger partial charge in [-0.15, -0.1) is 11.6 Å². The SMILES string of the molecule is CCOC(=O)C(C(=O)c1c(C)c(F)c(F)c(F)c1F)=C(N)CCCl. The first-order chi connectivity index (χ1) is 11.2. The Morgan fingerprint density at radius 2 is 1.62 bits per heavy atom. The number of carbonyl (C=O) groups is 2. The van der Waals surface area contributed by atoms with Crippen molar-refractivity contribution in [1.29, 1.82) is 0 Å². The number of ketones is 1. The molecule has 0 heterocycles. The van der Waals surface area contributed by atoms with Crippen LogP contribution in [0.1, 0.15) is 29.3 Å². The molecule has 0 aliphatic carbocycles. The Balaban J connectivity index is 3.62. The minimum Gasteiger partial charge on any atom is -0.462 e. The summed E-state index contributed by atoms with van der Waals surface area (Å²) in [6.07, 6.45) is -0.131. The summed E-state index contributed by atoms with van der Waals surface area (Å²) in [5.74, 6) is -10.6. The Bertz CT molecular complexity index is 690. The van der Waals surface area contributed by atoms with Crippen molar-refractivity contribution in [2.45, 2.75) is 20.3 Å². The van der Waals surface area contributed by atoms with Crippen LogP contribution in [0.5, 0.6) is 0 Å². The van der Waals surface area contributed by atoms with E-state index in [-0.39, 0.29) is 24.6 Å². The highest BCUT2D eigenvalue weighted by Crippen LogP contribution is 2.27. The van der Waals surface area contributed by atoms with E-state index in [0.29, 0.717) is 0 Å². The Morgan fingerprint density at radius 1 is 1.08 bits per heavy atom. The fourth-order valence-electron chi connectivity index (χ4n) is 1.94. The van der Waals surface area contributed by atoms with E-state index in [1.807, 2.05) is 0 Å². The van der Waals surface area contributed by atoms with E-state index in [0.717, 1.165) is 6.92 Å².